The first-order valence-electron chi connectivity index (χ1n) is 24.6. The highest BCUT2D eigenvalue weighted by Crippen LogP contribution is 2.35. The molecule has 2 aliphatic carbocycles. The number of aryl methyl sites for hydroxylation is 1. The number of benzene rings is 5. The van der Waals surface area contributed by atoms with Crippen LogP contribution in [0, 0.1) is 21.8 Å². The van der Waals surface area contributed by atoms with Gasteiger partial charge in [0.25, 0.3) is 0 Å². The summed E-state index contributed by atoms with van der Waals surface area (Å²) >= 11 is 0. The Kier molecular flexibility index (Phi) is 22.8. The Balaban J connectivity index is 0.000000304. The first kappa shape index (κ1) is 57.9. The second-order valence-electron chi connectivity index (χ2n) is 16.9. The molecule has 0 saturated heterocycles. The van der Waals surface area contributed by atoms with Crippen LogP contribution in [0.25, 0.3) is 11.1 Å². The summed E-state index contributed by atoms with van der Waals surface area (Å²) in [5, 5.41) is 21.9. The Hall–Kier alpha value is -6.69. The van der Waals surface area contributed by atoms with Gasteiger partial charge in [0.15, 0.2) is 11.4 Å². The maximum Gasteiger partial charge on any atom is 0.241 e. The molecule has 5 aromatic carbocycles. The van der Waals surface area contributed by atoms with Gasteiger partial charge in [-0.05, 0) is 160 Å². The molecule has 0 bridgehead atoms. The molecule has 0 heterocycles. The fourth-order valence-electron chi connectivity index (χ4n) is 8.73. The number of sulfonamides is 1. The van der Waals surface area contributed by atoms with Crippen molar-refractivity contribution in [2.75, 3.05) is 62.6 Å². The van der Waals surface area contributed by atoms with Crippen LogP contribution in [0.1, 0.15) is 74.9 Å². The largest absolute Gasteiger partial charge is 0.395 e. The van der Waals surface area contributed by atoms with Gasteiger partial charge in [0.2, 0.25) is 10.0 Å². The average molecular weight is 988 g/mol. The third kappa shape index (κ3) is 14.7. The summed E-state index contributed by atoms with van der Waals surface area (Å²) in [6.07, 6.45) is 17.2. The van der Waals surface area contributed by atoms with E-state index in [1.54, 1.807) is 12.1 Å². The van der Waals surface area contributed by atoms with E-state index in [0.717, 1.165) is 84.3 Å². The quantitative estimate of drug-likeness (QED) is 0.0515. The standard InChI is InChI=1S/C31H32N2O.C29H38N3O3S.2CH3/c1-4-33(5-2)30-20-14-27(15-21-30)31(25-10-6-23(3)7-11-25)26-12-18-29(19-13-26)32-28-16-8-24(22-34)9-17-28;1-5-31(6-2)25-17-13-23(14-18-25)29(24-15-19-26(20-16-24)32(7-3)8-4)27-11-9-10-12-28(27)36(34,35)30-21-22-33;;/h6-21,34H,4-5,22H2,1-3H3;9-20,30,33H,5-8,21-22H2,1-4H3;2*1H3/q;+1;2*-1/p+1. The number of nitrogens with one attached hydrogen (secondary N) is 2. The Bertz CT molecular complexity index is 2870. The van der Waals surface area contributed by atoms with E-state index in [9.17, 15) is 18.6 Å². The molecule has 0 aromatic heterocycles. The summed E-state index contributed by atoms with van der Waals surface area (Å²) in [5.41, 5.74) is 15.9. The van der Waals surface area contributed by atoms with E-state index < -0.39 is 10.0 Å². The maximum absolute atomic E-state index is 13.2. The van der Waals surface area contributed by atoms with E-state index >= 15 is 0 Å². The van der Waals surface area contributed by atoms with Crippen LogP contribution < -0.4 is 14.9 Å². The SMILES string of the molecule is CCN(CC)c1ccc(C(=C2C=CC(=[N+](CC)CC)C=C2)c2ccccc2S(=O)(=O)NCCO)cc1.CC[N+](CC)=C1C=CC(=C(c2ccc(C)cc2)c2ccc(Nc3ccc(CO)cc3)cc2)C=C1.[CH3-].[CH3-]. The highest BCUT2D eigenvalue weighted by molar-refractivity contribution is 7.89. The molecule has 0 aliphatic heterocycles. The van der Waals surface area contributed by atoms with Crippen molar-refractivity contribution in [2.45, 2.75) is 60.0 Å². The van der Waals surface area contributed by atoms with Crippen molar-refractivity contribution in [1.29, 1.82) is 0 Å². The van der Waals surface area contributed by atoms with Crippen molar-refractivity contribution in [1.82, 2.24) is 4.72 Å². The number of rotatable bonds is 18. The van der Waals surface area contributed by atoms with Gasteiger partial charge in [0.1, 0.15) is 26.2 Å². The predicted molar refractivity (Wildman–Crippen MR) is 306 cm³/mol. The molecule has 9 nitrogen and oxygen atoms in total. The molecule has 0 spiro atoms. The molecule has 4 N–H and O–H groups in total. The minimum atomic E-state index is -3.82. The third-order valence-corrected chi connectivity index (χ3v) is 14.2. The molecule has 2 aliphatic rings. The van der Waals surface area contributed by atoms with Crippen molar-refractivity contribution in [3.05, 3.63) is 229 Å². The zero-order valence-electron chi connectivity index (χ0n) is 44.0. The zero-order chi connectivity index (χ0) is 50.0. The van der Waals surface area contributed by atoms with Crippen molar-refractivity contribution in [2.24, 2.45) is 0 Å². The number of hydrogen-bond donors (Lipinski definition) is 4. The van der Waals surface area contributed by atoms with Gasteiger partial charge in [0.05, 0.1) is 18.1 Å². The second-order valence-corrected chi connectivity index (χ2v) is 18.7. The lowest BCUT2D eigenvalue weighted by Crippen LogP contribution is -2.27. The molecule has 0 atom stereocenters. The van der Waals surface area contributed by atoms with Crippen LogP contribution in [0.3, 0.4) is 0 Å². The molecule has 10 heteroatoms. The Morgan fingerprint density at radius 3 is 1.43 bits per heavy atom. The van der Waals surface area contributed by atoms with Gasteiger partial charge in [0, 0.05) is 66.6 Å². The summed E-state index contributed by atoms with van der Waals surface area (Å²) in [7, 11) is -3.82. The van der Waals surface area contributed by atoms with Crippen LogP contribution in [0.5, 0.6) is 0 Å². The Labute approximate surface area is 432 Å². The molecule has 0 saturated carbocycles. The van der Waals surface area contributed by atoms with Crippen molar-refractivity contribution < 1.29 is 27.8 Å². The number of allylic oxidation sites excluding steroid dienone is 10. The third-order valence-electron chi connectivity index (χ3n) is 12.6. The fraction of sp³-hybridized carbons (Fsp3) is 0.258. The van der Waals surface area contributed by atoms with Gasteiger partial charge in [-0.15, -0.1) is 0 Å². The molecule has 380 valence electrons. The van der Waals surface area contributed by atoms with Crippen LogP contribution in [0.2, 0.25) is 0 Å². The summed E-state index contributed by atoms with van der Waals surface area (Å²) in [6.45, 7) is 20.4. The first-order chi connectivity index (χ1) is 34.0. The van der Waals surface area contributed by atoms with Crippen molar-refractivity contribution in [3.8, 4) is 0 Å². The van der Waals surface area contributed by atoms with Crippen LogP contribution in [-0.4, -0.2) is 91.6 Å². The normalized spacial score (nSPS) is 12.6. The molecule has 5 aromatic rings. The number of hydrogen-bond acceptors (Lipinski definition) is 6. The fourth-order valence-corrected chi connectivity index (χ4v) is 9.96. The lowest BCUT2D eigenvalue weighted by Gasteiger charge is -2.22. The van der Waals surface area contributed by atoms with E-state index in [0.29, 0.717) is 5.56 Å². The molecule has 0 unspecified atom stereocenters. The molecule has 0 amide bonds. The van der Waals surface area contributed by atoms with E-state index in [1.807, 2.05) is 36.4 Å². The minimum absolute atomic E-state index is 0. The van der Waals surface area contributed by atoms with Crippen LogP contribution in [-0.2, 0) is 16.6 Å². The molecule has 7 rings (SSSR count). The molecule has 72 heavy (non-hydrogen) atoms. The predicted octanol–water partition coefficient (Wildman–Crippen LogP) is 11.8. The Morgan fingerprint density at radius 2 is 0.972 bits per heavy atom. The van der Waals surface area contributed by atoms with Crippen LogP contribution in [0.15, 0.2) is 186 Å². The smallest absolute Gasteiger partial charge is 0.241 e. The number of aliphatic hydroxyl groups excluding tert-OH is 2. The first-order valence-corrected chi connectivity index (χ1v) is 26.1. The van der Waals surface area contributed by atoms with E-state index in [2.05, 4.69) is 194 Å². The monoisotopic (exact) mass is 988 g/mol. The van der Waals surface area contributed by atoms with Gasteiger partial charge in [-0.3, -0.25) is 0 Å². The number of anilines is 3. The summed E-state index contributed by atoms with van der Waals surface area (Å²) in [5.74, 6) is 0. The molecular weight excluding hydrogens is 911 g/mol. The van der Waals surface area contributed by atoms with Crippen molar-refractivity contribution in [3.63, 3.8) is 0 Å². The maximum atomic E-state index is 13.2. The van der Waals surface area contributed by atoms with Gasteiger partial charge in [-0.1, -0.05) is 84.4 Å². The van der Waals surface area contributed by atoms with E-state index in [-0.39, 0.29) is 39.5 Å². The van der Waals surface area contributed by atoms with Crippen LogP contribution >= 0.6 is 0 Å². The van der Waals surface area contributed by atoms with E-state index in [4.69, 9.17) is 0 Å². The van der Waals surface area contributed by atoms with Crippen LogP contribution in [0.4, 0.5) is 17.1 Å². The number of nitrogens with zero attached hydrogens (tertiary/aromatic N) is 3. The zero-order valence-corrected chi connectivity index (χ0v) is 44.8. The van der Waals surface area contributed by atoms with Gasteiger partial charge >= 0.3 is 0 Å². The Morgan fingerprint density at radius 1 is 0.542 bits per heavy atom. The van der Waals surface area contributed by atoms with Gasteiger partial charge in [-0.2, -0.15) is 0 Å². The summed E-state index contributed by atoms with van der Waals surface area (Å²) in [6, 6.07) is 40.5. The molecular formula is C62H77N5O4S. The van der Waals surface area contributed by atoms with E-state index in [1.165, 1.54) is 33.5 Å². The van der Waals surface area contributed by atoms with Crippen molar-refractivity contribution >= 4 is 49.7 Å². The minimum Gasteiger partial charge on any atom is -0.395 e. The van der Waals surface area contributed by atoms with Gasteiger partial charge in [-0.25, -0.2) is 22.3 Å². The lowest BCUT2D eigenvalue weighted by atomic mass is 9.90. The molecule has 0 radical (unpaired) electrons. The highest BCUT2D eigenvalue weighted by atomic mass is 32.2. The molecule has 0 fully saturated rings. The topological polar surface area (TPSA) is 108 Å². The lowest BCUT2D eigenvalue weighted by molar-refractivity contribution is -0.519. The number of aliphatic hydroxyl groups is 2. The highest BCUT2D eigenvalue weighted by Gasteiger charge is 2.23. The van der Waals surface area contributed by atoms with Gasteiger partial charge < -0.3 is 35.3 Å². The summed E-state index contributed by atoms with van der Waals surface area (Å²) < 4.78 is 33.5. The second kappa shape index (κ2) is 28.4. The summed E-state index contributed by atoms with van der Waals surface area (Å²) in [4.78, 5) is 2.47. The average Bonchev–Trinajstić information content (AvgIpc) is 3.40.